The fourth-order valence-corrected chi connectivity index (χ4v) is 2.36. The van der Waals surface area contributed by atoms with Gasteiger partial charge >= 0.3 is 5.97 Å². The van der Waals surface area contributed by atoms with E-state index in [1.807, 2.05) is 0 Å². The maximum Gasteiger partial charge on any atom is 0.342 e. The number of benzene rings is 1. The number of hydrogen-bond donors (Lipinski definition) is 1. The summed E-state index contributed by atoms with van der Waals surface area (Å²) in [5.74, 6) is -2.45. The van der Waals surface area contributed by atoms with Crippen LogP contribution < -0.4 is 4.74 Å². The molecule has 1 fully saturated rings. The van der Waals surface area contributed by atoms with E-state index in [2.05, 4.69) is 6.07 Å². The molecule has 19 heavy (non-hydrogen) atoms. The van der Waals surface area contributed by atoms with Crippen molar-refractivity contribution in [1.82, 2.24) is 0 Å². The molecule has 2 unspecified atom stereocenters. The van der Waals surface area contributed by atoms with Gasteiger partial charge in [0.15, 0.2) is 0 Å². The van der Waals surface area contributed by atoms with Crippen LogP contribution in [-0.2, 0) is 0 Å². The summed E-state index contributed by atoms with van der Waals surface area (Å²) in [6, 6.07) is 6.08. The summed E-state index contributed by atoms with van der Waals surface area (Å²) in [5.41, 5.74) is -0.468. The van der Waals surface area contributed by atoms with Crippen LogP contribution in [0.15, 0.2) is 18.2 Å². The average molecular weight is 263 g/mol. The van der Waals surface area contributed by atoms with Crippen molar-refractivity contribution in [2.75, 3.05) is 0 Å². The van der Waals surface area contributed by atoms with Crippen molar-refractivity contribution in [3.8, 4) is 11.8 Å². The number of aromatic carboxylic acids is 1. The van der Waals surface area contributed by atoms with Crippen molar-refractivity contribution in [2.24, 2.45) is 5.92 Å². The number of nitriles is 1. The van der Waals surface area contributed by atoms with Crippen LogP contribution in [0.5, 0.6) is 5.75 Å². The highest BCUT2D eigenvalue weighted by Crippen LogP contribution is 2.30. The second kappa shape index (κ2) is 5.70. The first-order valence-electron chi connectivity index (χ1n) is 6.21. The van der Waals surface area contributed by atoms with Crippen molar-refractivity contribution in [1.29, 1.82) is 5.26 Å². The predicted molar refractivity (Wildman–Crippen MR) is 65.3 cm³/mol. The minimum Gasteiger partial charge on any atom is -0.488 e. The van der Waals surface area contributed by atoms with Gasteiger partial charge in [-0.25, -0.2) is 9.18 Å². The zero-order valence-electron chi connectivity index (χ0n) is 10.3. The molecule has 5 heteroatoms. The molecule has 0 aliphatic heterocycles. The lowest BCUT2D eigenvalue weighted by Gasteiger charge is -2.28. The number of carboxylic acid groups (broad SMARTS) is 1. The first-order valence-corrected chi connectivity index (χ1v) is 6.21. The Morgan fingerprint density at radius 1 is 1.42 bits per heavy atom. The fraction of sp³-hybridized carbons (Fsp3) is 0.429. The molecule has 1 aromatic rings. The van der Waals surface area contributed by atoms with Crippen LogP contribution in [-0.4, -0.2) is 17.2 Å². The number of halogens is 1. The van der Waals surface area contributed by atoms with E-state index in [0.717, 1.165) is 25.3 Å². The van der Waals surface area contributed by atoms with Gasteiger partial charge in [-0.15, -0.1) is 0 Å². The van der Waals surface area contributed by atoms with Crippen LogP contribution in [0.3, 0.4) is 0 Å². The van der Waals surface area contributed by atoms with Gasteiger partial charge in [0.2, 0.25) is 0 Å². The maximum atomic E-state index is 13.5. The number of rotatable bonds is 3. The summed E-state index contributed by atoms with van der Waals surface area (Å²) in [6.45, 7) is 0. The zero-order chi connectivity index (χ0) is 13.8. The Balaban J connectivity index is 2.26. The van der Waals surface area contributed by atoms with E-state index in [-0.39, 0.29) is 17.8 Å². The van der Waals surface area contributed by atoms with Gasteiger partial charge in [0, 0.05) is 0 Å². The van der Waals surface area contributed by atoms with E-state index in [4.69, 9.17) is 15.1 Å². The molecule has 2 rings (SSSR count). The molecule has 0 saturated heterocycles. The molecule has 0 bridgehead atoms. The van der Waals surface area contributed by atoms with Crippen molar-refractivity contribution >= 4 is 5.97 Å². The summed E-state index contributed by atoms with van der Waals surface area (Å²) in [5, 5.41) is 18.1. The predicted octanol–water partition coefficient (Wildman–Crippen LogP) is 2.99. The molecule has 2 atom stereocenters. The highest BCUT2D eigenvalue weighted by molar-refractivity contribution is 5.91. The van der Waals surface area contributed by atoms with Crippen molar-refractivity contribution in [3.05, 3.63) is 29.6 Å². The highest BCUT2D eigenvalue weighted by Gasteiger charge is 2.28. The lowest BCUT2D eigenvalue weighted by Crippen LogP contribution is -2.30. The topological polar surface area (TPSA) is 70.3 Å². The molecule has 1 aromatic carbocycles. The van der Waals surface area contributed by atoms with E-state index >= 15 is 0 Å². The molecule has 100 valence electrons. The van der Waals surface area contributed by atoms with Gasteiger partial charge in [-0.05, 0) is 31.4 Å². The molecule has 0 spiro atoms. The number of carboxylic acids is 1. The Bertz CT molecular complexity index is 524. The van der Waals surface area contributed by atoms with Crippen LogP contribution in [0.25, 0.3) is 0 Å². The third-order valence-electron chi connectivity index (χ3n) is 3.34. The summed E-state index contributed by atoms with van der Waals surface area (Å²) < 4.78 is 19.1. The normalized spacial score (nSPS) is 22.5. The van der Waals surface area contributed by atoms with Crippen LogP contribution in [0.2, 0.25) is 0 Å². The maximum absolute atomic E-state index is 13.5. The standard InChI is InChI=1S/C14H14FNO3/c15-10-5-3-7-12(13(10)14(17)18)19-11-6-2-1-4-9(11)8-16/h3,5,7,9,11H,1-2,4,6H2,(H,17,18). The van der Waals surface area contributed by atoms with Gasteiger partial charge in [0.1, 0.15) is 23.2 Å². The lowest BCUT2D eigenvalue weighted by molar-refractivity contribution is 0.0674. The molecule has 0 amide bonds. The molecule has 1 aliphatic carbocycles. The Morgan fingerprint density at radius 3 is 2.84 bits per heavy atom. The molecule has 1 aliphatic rings. The Hall–Kier alpha value is -2.09. The molecule has 0 radical (unpaired) electrons. The largest absolute Gasteiger partial charge is 0.488 e. The molecule has 1 saturated carbocycles. The summed E-state index contributed by atoms with van der Waals surface area (Å²) in [4.78, 5) is 11.1. The van der Waals surface area contributed by atoms with Gasteiger partial charge in [-0.1, -0.05) is 12.5 Å². The fourth-order valence-electron chi connectivity index (χ4n) is 2.36. The quantitative estimate of drug-likeness (QED) is 0.910. The third kappa shape index (κ3) is 2.84. The van der Waals surface area contributed by atoms with Gasteiger partial charge in [0.05, 0.1) is 12.0 Å². The SMILES string of the molecule is N#CC1CCCCC1Oc1cccc(F)c1C(=O)O. The van der Waals surface area contributed by atoms with E-state index in [0.29, 0.717) is 6.42 Å². The monoisotopic (exact) mass is 263 g/mol. The second-order valence-corrected chi connectivity index (χ2v) is 4.59. The number of hydrogen-bond acceptors (Lipinski definition) is 3. The van der Waals surface area contributed by atoms with Gasteiger partial charge in [-0.3, -0.25) is 0 Å². The average Bonchev–Trinajstić information content (AvgIpc) is 2.39. The zero-order valence-corrected chi connectivity index (χ0v) is 10.3. The number of nitrogens with zero attached hydrogens (tertiary/aromatic N) is 1. The van der Waals surface area contributed by atoms with Gasteiger partial charge in [0.25, 0.3) is 0 Å². The number of ether oxygens (including phenoxy) is 1. The Labute approximate surface area is 110 Å². The highest BCUT2D eigenvalue weighted by atomic mass is 19.1. The minimum atomic E-state index is -1.36. The van der Waals surface area contributed by atoms with Crippen LogP contribution in [0, 0.1) is 23.1 Å². The second-order valence-electron chi connectivity index (χ2n) is 4.59. The molecular formula is C14H14FNO3. The molecule has 0 aromatic heterocycles. The van der Waals surface area contributed by atoms with Crippen molar-refractivity contribution in [2.45, 2.75) is 31.8 Å². The summed E-state index contributed by atoms with van der Waals surface area (Å²) >= 11 is 0. The van der Waals surface area contributed by atoms with E-state index in [1.165, 1.54) is 12.1 Å². The Morgan fingerprint density at radius 2 is 2.16 bits per heavy atom. The summed E-state index contributed by atoms with van der Waals surface area (Å²) in [7, 11) is 0. The molecule has 4 nitrogen and oxygen atoms in total. The van der Waals surface area contributed by atoms with Crippen molar-refractivity contribution < 1.29 is 19.0 Å². The van der Waals surface area contributed by atoms with E-state index in [9.17, 15) is 9.18 Å². The Kier molecular flexibility index (Phi) is 4.00. The lowest BCUT2D eigenvalue weighted by atomic mass is 9.87. The smallest absolute Gasteiger partial charge is 0.342 e. The molecule has 1 N–H and O–H groups in total. The molecular weight excluding hydrogens is 249 g/mol. The number of carbonyl (C=O) groups is 1. The van der Waals surface area contributed by atoms with Crippen LogP contribution in [0.4, 0.5) is 4.39 Å². The van der Waals surface area contributed by atoms with Gasteiger partial charge < -0.3 is 9.84 Å². The first kappa shape index (κ1) is 13.3. The molecule has 0 heterocycles. The van der Waals surface area contributed by atoms with Gasteiger partial charge in [-0.2, -0.15) is 5.26 Å². The third-order valence-corrected chi connectivity index (χ3v) is 3.34. The van der Waals surface area contributed by atoms with Crippen molar-refractivity contribution in [3.63, 3.8) is 0 Å². The first-order chi connectivity index (χ1) is 9.13. The van der Waals surface area contributed by atoms with E-state index in [1.54, 1.807) is 0 Å². The van der Waals surface area contributed by atoms with E-state index < -0.39 is 17.3 Å². The van der Waals surface area contributed by atoms with Crippen LogP contribution >= 0.6 is 0 Å². The van der Waals surface area contributed by atoms with Crippen LogP contribution in [0.1, 0.15) is 36.0 Å². The summed E-state index contributed by atoms with van der Waals surface area (Å²) in [6.07, 6.45) is 2.96. The minimum absolute atomic E-state index is 0.000324.